The average Bonchev–Trinajstić information content (AvgIpc) is 3.11. The predicted molar refractivity (Wildman–Crippen MR) is 82.9 cm³/mol. The molecule has 23 heavy (non-hydrogen) atoms. The monoisotopic (exact) mass is 333 g/mol. The first kappa shape index (κ1) is 14.5. The minimum atomic E-state index is -0.943. The van der Waals surface area contributed by atoms with Crippen molar-refractivity contribution in [3.63, 3.8) is 0 Å². The highest BCUT2D eigenvalue weighted by Gasteiger charge is 2.54. The van der Waals surface area contributed by atoms with Crippen LogP contribution in [-0.4, -0.2) is 41.4 Å². The van der Waals surface area contributed by atoms with E-state index in [-0.39, 0.29) is 30.2 Å². The van der Waals surface area contributed by atoms with Crippen molar-refractivity contribution >= 4 is 29.4 Å². The second-order valence-corrected chi connectivity index (χ2v) is 6.88. The third-order valence-corrected chi connectivity index (χ3v) is 5.35. The topological polar surface area (TPSA) is 78.5 Å². The Balaban J connectivity index is 1.45. The van der Waals surface area contributed by atoms with Crippen molar-refractivity contribution in [2.24, 2.45) is 5.92 Å². The van der Waals surface area contributed by atoms with Crippen LogP contribution < -0.4 is 10.6 Å². The zero-order chi connectivity index (χ0) is 16.2. The summed E-state index contributed by atoms with van der Waals surface area (Å²) in [5.74, 6) is -0.220. The second-order valence-electron chi connectivity index (χ2n) is 6.47. The zero-order valence-electron chi connectivity index (χ0n) is 12.3. The van der Waals surface area contributed by atoms with Crippen LogP contribution in [0, 0.1) is 5.92 Å². The summed E-state index contributed by atoms with van der Waals surface area (Å²) in [4.78, 5) is 37.7. The van der Waals surface area contributed by atoms with Gasteiger partial charge in [0.25, 0.3) is 5.91 Å². The van der Waals surface area contributed by atoms with Crippen molar-refractivity contribution < 1.29 is 14.4 Å². The Morgan fingerprint density at radius 1 is 1.30 bits per heavy atom. The summed E-state index contributed by atoms with van der Waals surface area (Å²) in [6, 6.07) is 7.10. The molecular weight excluding hydrogens is 318 g/mol. The Hall–Kier alpha value is -2.08. The maximum atomic E-state index is 12.7. The molecule has 3 aliphatic rings. The van der Waals surface area contributed by atoms with Crippen molar-refractivity contribution in [2.75, 3.05) is 13.1 Å². The van der Waals surface area contributed by atoms with E-state index < -0.39 is 11.6 Å². The lowest BCUT2D eigenvalue weighted by molar-refractivity contribution is -0.132. The lowest BCUT2D eigenvalue weighted by Crippen LogP contribution is -2.49. The number of carbonyl (C=O) groups excluding carboxylic acids is 3. The first-order valence-corrected chi connectivity index (χ1v) is 8.05. The van der Waals surface area contributed by atoms with E-state index in [4.69, 9.17) is 11.6 Å². The van der Waals surface area contributed by atoms with E-state index in [0.29, 0.717) is 18.0 Å². The van der Waals surface area contributed by atoms with Crippen LogP contribution in [0.4, 0.5) is 4.79 Å². The lowest BCUT2D eigenvalue weighted by atomic mass is 9.99. The fraction of sp³-hybridized carbons (Fsp3) is 0.438. The van der Waals surface area contributed by atoms with Gasteiger partial charge in [0, 0.05) is 17.5 Å². The molecular formula is C16H16ClN3O3. The summed E-state index contributed by atoms with van der Waals surface area (Å²) < 4.78 is 0. The fourth-order valence-electron chi connectivity index (χ4n) is 3.64. The van der Waals surface area contributed by atoms with Gasteiger partial charge in [0.15, 0.2) is 0 Å². The van der Waals surface area contributed by atoms with E-state index >= 15 is 0 Å². The number of hydrogen-bond acceptors (Lipinski definition) is 3. The van der Waals surface area contributed by atoms with E-state index in [1.165, 1.54) is 0 Å². The summed E-state index contributed by atoms with van der Waals surface area (Å²) in [5, 5.41) is 5.60. The van der Waals surface area contributed by atoms with Gasteiger partial charge in [0.1, 0.15) is 5.54 Å². The van der Waals surface area contributed by atoms with Crippen LogP contribution in [0.1, 0.15) is 24.3 Å². The number of nitrogens with zero attached hydrogens (tertiary/aromatic N) is 1. The quantitative estimate of drug-likeness (QED) is 0.800. The first-order valence-electron chi connectivity index (χ1n) is 7.67. The van der Waals surface area contributed by atoms with Crippen LogP contribution in [0.3, 0.4) is 0 Å². The van der Waals surface area contributed by atoms with Crippen LogP contribution in [0.5, 0.6) is 0 Å². The van der Waals surface area contributed by atoms with Crippen molar-refractivity contribution in [1.29, 1.82) is 0 Å². The number of likely N-dealkylation sites (tertiary alicyclic amines) is 1. The van der Waals surface area contributed by atoms with Crippen molar-refractivity contribution in [3.8, 4) is 0 Å². The van der Waals surface area contributed by atoms with Crippen molar-refractivity contribution in [1.82, 2.24) is 15.5 Å². The normalized spacial score (nSPS) is 32.1. The molecule has 0 aromatic heterocycles. The molecule has 1 aromatic rings. The van der Waals surface area contributed by atoms with E-state index in [1.807, 2.05) is 24.3 Å². The SMILES string of the molecule is O=C1NC(=O)[C@]2(CCN(C(=O)[C@@H]3C[C@H]3c3ccccc3Cl)C2)N1. The fourth-order valence-corrected chi connectivity index (χ4v) is 3.91. The number of benzene rings is 1. The van der Waals surface area contributed by atoms with Gasteiger partial charge in [0.05, 0.1) is 6.54 Å². The van der Waals surface area contributed by atoms with Gasteiger partial charge in [-0.1, -0.05) is 29.8 Å². The number of hydrogen-bond donors (Lipinski definition) is 2. The second kappa shape index (κ2) is 4.96. The van der Waals surface area contributed by atoms with Crippen LogP contribution >= 0.6 is 11.6 Å². The first-order chi connectivity index (χ1) is 11.0. The molecule has 1 spiro atoms. The molecule has 4 rings (SSSR count). The van der Waals surface area contributed by atoms with E-state index in [1.54, 1.807) is 4.90 Å². The molecule has 4 amide bonds. The van der Waals surface area contributed by atoms with Crippen LogP contribution in [0.25, 0.3) is 0 Å². The maximum absolute atomic E-state index is 12.7. The molecule has 3 fully saturated rings. The molecule has 1 aromatic carbocycles. The van der Waals surface area contributed by atoms with E-state index in [0.717, 1.165) is 12.0 Å². The van der Waals surface area contributed by atoms with Crippen molar-refractivity contribution in [3.05, 3.63) is 34.9 Å². The Bertz CT molecular complexity index is 722. The lowest BCUT2D eigenvalue weighted by Gasteiger charge is -2.21. The van der Waals surface area contributed by atoms with Gasteiger partial charge < -0.3 is 10.2 Å². The molecule has 0 radical (unpaired) electrons. The zero-order valence-corrected chi connectivity index (χ0v) is 13.1. The molecule has 0 bridgehead atoms. The van der Waals surface area contributed by atoms with Gasteiger partial charge in [0.2, 0.25) is 5.91 Å². The Morgan fingerprint density at radius 3 is 2.78 bits per heavy atom. The predicted octanol–water partition coefficient (Wildman–Crippen LogP) is 1.25. The molecule has 3 atom stereocenters. The Labute approximate surface area is 138 Å². The number of halogens is 1. The van der Waals surface area contributed by atoms with Gasteiger partial charge in [-0.3, -0.25) is 14.9 Å². The maximum Gasteiger partial charge on any atom is 0.322 e. The number of nitrogens with one attached hydrogen (secondary N) is 2. The molecule has 7 heteroatoms. The highest BCUT2D eigenvalue weighted by molar-refractivity contribution is 6.31. The summed E-state index contributed by atoms with van der Waals surface area (Å²) in [7, 11) is 0. The molecule has 6 nitrogen and oxygen atoms in total. The molecule has 1 aliphatic carbocycles. The number of carbonyl (C=O) groups is 3. The highest BCUT2D eigenvalue weighted by atomic mass is 35.5. The minimum Gasteiger partial charge on any atom is -0.339 e. The molecule has 1 saturated carbocycles. The number of rotatable bonds is 2. The van der Waals surface area contributed by atoms with Gasteiger partial charge in [-0.05, 0) is 30.4 Å². The summed E-state index contributed by atoms with van der Waals surface area (Å²) in [6.07, 6.45) is 1.24. The number of amides is 4. The summed E-state index contributed by atoms with van der Waals surface area (Å²) in [5.41, 5.74) is 0.0648. The van der Waals surface area contributed by atoms with E-state index in [2.05, 4.69) is 10.6 Å². The number of imide groups is 1. The highest BCUT2D eigenvalue weighted by Crippen LogP contribution is 2.50. The molecule has 0 unspecified atom stereocenters. The molecule has 120 valence electrons. The molecule has 2 aliphatic heterocycles. The van der Waals surface area contributed by atoms with Gasteiger partial charge in [-0.15, -0.1) is 0 Å². The Morgan fingerprint density at radius 2 is 2.09 bits per heavy atom. The average molecular weight is 334 g/mol. The molecule has 2 N–H and O–H groups in total. The molecule has 2 saturated heterocycles. The van der Waals surface area contributed by atoms with Crippen LogP contribution in [0.2, 0.25) is 5.02 Å². The third-order valence-electron chi connectivity index (χ3n) is 5.01. The third kappa shape index (κ3) is 2.28. The van der Waals surface area contributed by atoms with Gasteiger partial charge in [-0.2, -0.15) is 0 Å². The minimum absolute atomic E-state index is 0.0424. The molecule has 2 heterocycles. The van der Waals surface area contributed by atoms with E-state index in [9.17, 15) is 14.4 Å². The van der Waals surface area contributed by atoms with Crippen LogP contribution in [-0.2, 0) is 9.59 Å². The Kier molecular flexibility index (Phi) is 3.13. The smallest absolute Gasteiger partial charge is 0.322 e. The van der Waals surface area contributed by atoms with Gasteiger partial charge >= 0.3 is 6.03 Å². The summed E-state index contributed by atoms with van der Waals surface area (Å²) >= 11 is 6.20. The van der Waals surface area contributed by atoms with Crippen molar-refractivity contribution in [2.45, 2.75) is 24.3 Å². The summed E-state index contributed by atoms with van der Waals surface area (Å²) in [6.45, 7) is 0.730. The standard InChI is InChI=1S/C16H16ClN3O3/c17-12-4-2-1-3-9(12)10-7-11(10)13(21)20-6-5-16(8-20)14(22)18-15(23)19-16/h1-4,10-11H,5-8H2,(H2,18,19,22,23)/t10-,11+,16+/m0/s1. The largest absolute Gasteiger partial charge is 0.339 e. The van der Waals surface area contributed by atoms with Gasteiger partial charge in [-0.25, -0.2) is 4.79 Å². The van der Waals surface area contributed by atoms with Crippen LogP contribution in [0.15, 0.2) is 24.3 Å². The number of urea groups is 1.